The number of para-hydroxylation sites is 2. The lowest BCUT2D eigenvalue weighted by Crippen LogP contribution is -2.51. The molecule has 0 aliphatic carbocycles. The molecular weight excluding hydrogens is 433 g/mol. The fourth-order valence-corrected chi connectivity index (χ4v) is 4.61. The lowest BCUT2D eigenvalue weighted by molar-refractivity contribution is 0.0539. The van der Waals surface area contributed by atoms with Gasteiger partial charge in [0.2, 0.25) is 0 Å². The van der Waals surface area contributed by atoms with Crippen LogP contribution in [0.25, 0.3) is 22.5 Å². The molecule has 0 saturated carbocycles. The van der Waals surface area contributed by atoms with Crippen molar-refractivity contribution in [2.45, 2.75) is 32.7 Å². The molecule has 0 spiro atoms. The van der Waals surface area contributed by atoms with E-state index in [4.69, 9.17) is 4.42 Å². The number of benzene rings is 2. The Morgan fingerprint density at radius 1 is 1.18 bits per heavy atom. The molecule has 3 heterocycles. The van der Waals surface area contributed by atoms with Crippen molar-refractivity contribution in [3.8, 4) is 11.4 Å². The molecule has 2 unspecified atom stereocenters. The molecule has 2 atom stereocenters. The number of carbonyl (C=O) groups excluding carboxylic acids is 1. The van der Waals surface area contributed by atoms with Gasteiger partial charge in [0.1, 0.15) is 11.3 Å². The van der Waals surface area contributed by atoms with Crippen LogP contribution in [0.1, 0.15) is 35.7 Å². The van der Waals surface area contributed by atoms with Crippen LogP contribution in [0, 0.1) is 18.7 Å². The average Bonchev–Trinajstić information content (AvgIpc) is 3.28. The number of piperidine rings is 1. The number of rotatable bonds is 5. The molecule has 1 N–H and O–H groups in total. The first-order chi connectivity index (χ1) is 16.5. The van der Waals surface area contributed by atoms with Crippen LogP contribution in [0.4, 0.5) is 10.4 Å². The summed E-state index contributed by atoms with van der Waals surface area (Å²) in [6.07, 6.45) is 4.99. The highest BCUT2D eigenvalue weighted by Gasteiger charge is 2.34. The minimum absolute atomic E-state index is 0.106. The fraction of sp³-hybridized carbons (Fsp3) is 0.308. The standard InChI is InChI=1S/C26H26FN5O2/c1-16-7-5-14-32(20(16)15-30-26-31-19-8-3-4-9-21(19)34-26)25(33)18-11-10-17(2)23(27)22(18)24-28-12-6-13-29-24/h3-4,6,8-13,16,20H,5,7,14-15H2,1-2H3,(H,30,31). The maximum atomic E-state index is 15.2. The molecule has 7 nitrogen and oxygen atoms in total. The zero-order valence-electron chi connectivity index (χ0n) is 19.2. The molecule has 174 valence electrons. The monoisotopic (exact) mass is 459 g/mol. The van der Waals surface area contributed by atoms with Gasteiger partial charge in [0.05, 0.1) is 17.2 Å². The maximum absolute atomic E-state index is 15.2. The van der Waals surface area contributed by atoms with E-state index in [-0.39, 0.29) is 34.8 Å². The van der Waals surface area contributed by atoms with Gasteiger partial charge in [0, 0.05) is 25.5 Å². The summed E-state index contributed by atoms with van der Waals surface area (Å²) in [5.74, 6) is -0.236. The van der Waals surface area contributed by atoms with Gasteiger partial charge in [-0.15, -0.1) is 0 Å². The number of oxazole rings is 1. The van der Waals surface area contributed by atoms with E-state index in [1.807, 2.05) is 29.2 Å². The number of hydrogen-bond acceptors (Lipinski definition) is 6. The third-order valence-corrected chi connectivity index (χ3v) is 6.49. The quantitative estimate of drug-likeness (QED) is 0.448. The first-order valence-corrected chi connectivity index (χ1v) is 11.5. The number of fused-ring (bicyclic) bond motifs is 1. The van der Waals surface area contributed by atoms with Gasteiger partial charge in [0.15, 0.2) is 11.4 Å². The molecule has 2 aromatic carbocycles. The van der Waals surface area contributed by atoms with Crippen molar-refractivity contribution in [3.63, 3.8) is 0 Å². The smallest absolute Gasteiger partial charge is 0.295 e. The topological polar surface area (TPSA) is 84.2 Å². The Kier molecular flexibility index (Phi) is 5.96. The number of anilines is 1. The van der Waals surface area contributed by atoms with Crippen LogP contribution in [0.15, 0.2) is 59.3 Å². The second-order valence-electron chi connectivity index (χ2n) is 8.74. The molecule has 1 aliphatic heterocycles. The molecule has 2 aromatic heterocycles. The molecular formula is C26H26FN5O2. The van der Waals surface area contributed by atoms with Gasteiger partial charge in [-0.1, -0.05) is 25.1 Å². The average molecular weight is 460 g/mol. The zero-order chi connectivity index (χ0) is 23.7. The first kappa shape index (κ1) is 22.0. The second kappa shape index (κ2) is 9.21. The van der Waals surface area contributed by atoms with Crippen molar-refractivity contribution >= 4 is 23.0 Å². The van der Waals surface area contributed by atoms with Crippen molar-refractivity contribution in [1.82, 2.24) is 19.9 Å². The highest BCUT2D eigenvalue weighted by atomic mass is 19.1. The van der Waals surface area contributed by atoms with Crippen molar-refractivity contribution in [3.05, 3.63) is 71.8 Å². The van der Waals surface area contributed by atoms with E-state index in [9.17, 15) is 4.79 Å². The minimum atomic E-state index is -0.469. The van der Waals surface area contributed by atoms with E-state index in [1.54, 1.807) is 37.5 Å². The lowest BCUT2D eigenvalue weighted by atomic mass is 9.89. The third kappa shape index (κ3) is 4.11. The molecule has 0 bridgehead atoms. The summed E-state index contributed by atoms with van der Waals surface area (Å²) in [4.78, 5) is 28.5. The number of amides is 1. The van der Waals surface area contributed by atoms with Gasteiger partial charge in [-0.2, -0.15) is 4.98 Å². The maximum Gasteiger partial charge on any atom is 0.295 e. The second-order valence-corrected chi connectivity index (χ2v) is 8.74. The van der Waals surface area contributed by atoms with E-state index in [0.29, 0.717) is 30.3 Å². The Balaban J connectivity index is 1.44. The van der Waals surface area contributed by atoms with Crippen molar-refractivity contribution < 1.29 is 13.6 Å². The summed E-state index contributed by atoms with van der Waals surface area (Å²) in [6, 6.07) is 12.9. The Bertz CT molecular complexity index is 1290. The van der Waals surface area contributed by atoms with Gasteiger partial charge < -0.3 is 14.6 Å². The minimum Gasteiger partial charge on any atom is -0.424 e. The summed E-state index contributed by atoms with van der Waals surface area (Å²) in [5.41, 5.74) is 2.35. The highest BCUT2D eigenvalue weighted by Crippen LogP contribution is 2.31. The van der Waals surface area contributed by atoms with Crippen molar-refractivity contribution in [2.24, 2.45) is 5.92 Å². The SMILES string of the molecule is Cc1ccc(C(=O)N2CCCC(C)C2CNc2nc3ccccc3o2)c(-c2ncccn2)c1F. The van der Waals surface area contributed by atoms with Crippen LogP contribution >= 0.6 is 0 Å². The van der Waals surface area contributed by atoms with Crippen molar-refractivity contribution in [1.29, 1.82) is 0 Å². The van der Waals surface area contributed by atoms with E-state index in [1.165, 1.54) is 0 Å². The molecule has 1 aliphatic rings. The van der Waals surface area contributed by atoms with E-state index in [0.717, 1.165) is 18.4 Å². The van der Waals surface area contributed by atoms with Crippen LogP contribution in [0.5, 0.6) is 0 Å². The largest absolute Gasteiger partial charge is 0.424 e. The first-order valence-electron chi connectivity index (χ1n) is 11.5. The Labute approximate surface area is 197 Å². The van der Waals surface area contributed by atoms with E-state index < -0.39 is 5.82 Å². The van der Waals surface area contributed by atoms with Crippen LogP contribution < -0.4 is 5.32 Å². The predicted octanol–water partition coefficient (Wildman–Crippen LogP) is 5.09. The van der Waals surface area contributed by atoms with E-state index >= 15 is 4.39 Å². The molecule has 34 heavy (non-hydrogen) atoms. The molecule has 1 saturated heterocycles. The number of likely N-dealkylation sites (tertiary alicyclic amines) is 1. The highest BCUT2D eigenvalue weighted by molar-refractivity contribution is 6.00. The number of halogens is 1. The zero-order valence-corrected chi connectivity index (χ0v) is 19.2. The van der Waals surface area contributed by atoms with Gasteiger partial charge >= 0.3 is 0 Å². The fourth-order valence-electron chi connectivity index (χ4n) is 4.61. The van der Waals surface area contributed by atoms with Crippen molar-refractivity contribution in [2.75, 3.05) is 18.4 Å². The number of aryl methyl sites for hydroxylation is 1. The normalized spacial score (nSPS) is 18.3. The molecule has 4 aromatic rings. The summed E-state index contributed by atoms with van der Waals surface area (Å²) in [5, 5.41) is 3.27. The molecule has 1 amide bonds. The Morgan fingerprint density at radius 2 is 1.97 bits per heavy atom. The van der Waals surface area contributed by atoms with Crippen LogP contribution in [-0.4, -0.2) is 44.9 Å². The summed E-state index contributed by atoms with van der Waals surface area (Å²) in [6.45, 7) is 4.87. The lowest BCUT2D eigenvalue weighted by Gasteiger charge is -2.40. The molecule has 1 fully saturated rings. The van der Waals surface area contributed by atoms with Gasteiger partial charge in [-0.25, -0.2) is 14.4 Å². The van der Waals surface area contributed by atoms with E-state index in [2.05, 4.69) is 27.2 Å². The van der Waals surface area contributed by atoms with Crippen LogP contribution in [-0.2, 0) is 0 Å². The summed E-state index contributed by atoms with van der Waals surface area (Å²) >= 11 is 0. The summed E-state index contributed by atoms with van der Waals surface area (Å²) in [7, 11) is 0. The molecule has 8 heteroatoms. The molecule has 5 rings (SSSR count). The molecule has 0 radical (unpaired) electrons. The van der Waals surface area contributed by atoms with Crippen LogP contribution in [0.2, 0.25) is 0 Å². The third-order valence-electron chi connectivity index (χ3n) is 6.49. The number of hydrogen-bond donors (Lipinski definition) is 1. The number of aromatic nitrogens is 3. The van der Waals surface area contributed by atoms with Gasteiger partial charge in [-0.05, 0) is 55.5 Å². The number of carbonyl (C=O) groups is 1. The van der Waals surface area contributed by atoms with Crippen LogP contribution in [0.3, 0.4) is 0 Å². The Morgan fingerprint density at radius 3 is 2.76 bits per heavy atom. The number of nitrogens with one attached hydrogen (secondary N) is 1. The van der Waals surface area contributed by atoms with Gasteiger partial charge in [-0.3, -0.25) is 4.79 Å². The Hall–Kier alpha value is -3.81. The predicted molar refractivity (Wildman–Crippen MR) is 128 cm³/mol. The van der Waals surface area contributed by atoms with Gasteiger partial charge in [0.25, 0.3) is 11.9 Å². The summed E-state index contributed by atoms with van der Waals surface area (Å²) < 4.78 is 21.0. The number of nitrogens with zero attached hydrogens (tertiary/aromatic N) is 4.